The van der Waals surface area contributed by atoms with Crippen LogP contribution in [0.1, 0.15) is 17.0 Å². The van der Waals surface area contributed by atoms with Gasteiger partial charge in [0.05, 0.1) is 24.9 Å². The lowest BCUT2D eigenvalue weighted by atomic mass is 9.98. The van der Waals surface area contributed by atoms with E-state index in [1.807, 2.05) is 77.7 Å². The number of benzene rings is 2. The quantitative estimate of drug-likeness (QED) is 0.466. The number of fused-ring (bicyclic) bond motifs is 1. The van der Waals surface area contributed by atoms with Gasteiger partial charge in [0.1, 0.15) is 5.75 Å². The van der Waals surface area contributed by atoms with Crippen molar-refractivity contribution >= 4 is 5.91 Å². The molecule has 1 amide bonds. The summed E-state index contributed by atoms with van der Waals surface area (Å²) in [5.74, 6) is 1.55. The minimum absolute atomic E-state index is 0.0622. The molecule has 1 aliphatic heterocycles. The molecule has 6 nitrogen and oxygen atoms in total. The summed E-state index contributed by atoms with van der Waals surface area (Å²) >= 11 is 0. The van der Waals surface area contributed by atoms with Crippen molar-refractivity contribution in [2.75, 3.05) is 13.7 Å². The standard InChI is InChI=1S/C27H24N4O2/c1-33-22-12-10-19(11-13-22)26-23-18-31(25(32)17-21-9-5-6-15-28-21)16-14-24(23)29-27(30-26)20-7-3-2-4-8-20/h2-13,15H,14,16-18H2,1H3. The number of pyridine rings is 1. The molecule has 0 spiro atoms. The van der Waals surface area contributed by atoms with Crippen molar-refractivity contribution in [3.05, 3.63) is 95.9 Å². The van der Waals surface area contributed by atoms with Gasteiger partial charge >= 0.3 is 0 Å². The zero-order valence-electron chi connectivity index (χ0n) is 18.4. The summed E-state index contributed by atoms with van der Waals surface area (Å²) in [5, 5.41) is 0. The first-order valence-corrected chi connectivity index (χ1v) is 11.0. The maximum atomic E-state index is 13.0. The van der Waals surface area contributed by atoms with E-state index in [4.69, 9.17) is 14.7 Å². The Morgan fingerprint density at radius 2 is 1.73 bits per heavy atom. The molecule has 33 heavy (non-hydrogen) atoms. The number of aromatic nitrogens is 3. The van der Waals surface area contributed by atoms with Crippen molar-refractivity contribution in [3.8, 4) is 28.4 Å². The molecule has 0 aliphatic carbocycles. The summed E-state index contributed by atoms with van der Waals surface area (Å²) in [6.45, 7) is 1.11. The first-order valence-electron chi connectivity index (χ1n) is 11.0. The van der Waals surface area contributed by atoms with Crippen molar-refractivity contribution in [1.82, 2.24) is 19.9 Å². The topological polar surface area (TPSA) is 68.2 Å². The van der Waals surface area contributed by atoms with Crippen molar-refractivity contribution < 1.29 is 9.53 Å². The Balaban J connectivity index is 1.52. The molecule has 0 unspecified atom stereocenters. The van der Waals surface area contributed by atoms with E-state index in [-0.39, 0.29) is 12.3 Å². The molecule has 5 rings (SSSR count). The number of rotatable bonds is 5. The van der Waals surface area contributed by atoms with Gasteiger partial charge in [-0.3, -0.25) is 9.78 Å². The van der Waals surface area contributed by atoms with Gasteiger partial charge in [0.25, 0.3) is 0 Å². The van der Waals surface area contributed by atoms with Gasteiger partial charge in [-0.15, -0.1) is 0 Å². The van der Waals surface area contributed by atoms with E-state index in [0.717, 1.165) is 39.5 Å². The lowest BCUT2D eigenvalue weighted by Crippen LogP contribution is -2.38. The highest BCUT2D eigenvalue weighted by atomic mass is 16.5. The highest BCUT2D eigenvalue weighted by Gasteiger charge is 2.26. The number of ether oxygens (including phenoxy) is 1. The summed E-state index contributed by atoms with van der Waals surface area (Å²) in [6, 6.07) is 23.5. The number of carbonyl (C=O) groups excluding carboxylic acids is 1. The predicted octanol–water partition coefficient (Wildman–Crippen LogP) is 4.34. The van der Waals surface area contributed by atoms with Gasteiger partial charge in [-0.1, -0.05) is 36.4 Å². The van der Waals surface area contributed by atoms with Crippen molar-refractivity contribution in [2.45, 2.75) is 19.4 Å². The molecule has 0 bridgehead atoms. The van der Waals surface area contributed by atoms with Crippen LogP contribution in [-0.2, 0) is 24.2 Å². The van der Waals surface area contributed by atoms with Crippen LogP contribution in [0.25, 0.3) is 22.6 Å². The second-order valence-corrected chi connectivity index (χ2v) is 7.98. The third kappa shape index (κ3) is 4.46. The fraction of sp³-hybridized carbons (Fsp3) is 0.185. The molecule has 0 fully saturated rings. The van der Waals surface area contributed by atoms with Crippen LogP contribution in [0.4, 0.5) is 0 Å². The molecule has 164 valence electrons. The van der Waals surface area contributed by atoms with Crippen LogP contribution in [0, 0.1) is 0 Å². The number of amides is 1. The van der Waals surface area contributed by atoms with Crippen molar-refractivity contribution in [3.63, 3.8) is 0 Å². The maximum Gasteiger partial charge on any atom is 0.228 e. The molecule has 3 heterocycles. The minimum atomic E-state index is 0.0622. The minimum Gasteiger partial charge on any atom is -0.497 e. The van der Waals surface area contributed by atoms with Gasteiger partial charge in [0.2, 0.25) is 5.91 Å². The van der Waals surface area contributed by atoms with Gasteiger partial charge in [0.15, 0.2) is 5.82 Å². The van der Waals surface area contributed by atoms with Crippen LogP contribution >= 0.6 is 0 Å². The Labute approximate surface area is 192 Å². The van der Waals surface area contributed by atoms with Gasteiger partial charge < -0.3 is 9.64 Å². The highest BCUT2D eigenvalue weighted by molar-refractivity contribution is 5.79. The van der Waals surface area contributed by atoms with Crippen molar-refractivity contribution in [1.29, 1.82) is 0 Å². The lowest BCUT2D eigenvalue weighted by Gasteiger charge is -2.30. The monoisotopic (exact) mass is 436 g/mol. The molecular formula is C27H24N4O2. The first kappa shape index (κ1) is 20.8. The van der Waals surface area contributed by atoms with E-state index in [0.29, 0.717) is 25.3 Å². The Bertz CT molecular complexity index is 1260. The van der Waals surface area contributed by atoms with E-state index in [1.165, 1.54) is 0 Å². The SMILES string of the molecule is COc1ccc(-c2nc(-c3ccccc3)nc3c2CN(C(=O)Cc2ccccn2)CC3)cc1. The summed E-state index contributed by atoms with van der Waals surface area (Å²) in [7, 11) is 1.65. The van der Waals surface area contributed by atoms with Crippen LogP contribution in [0.2, 0.25) is 0 Å². The number of hydrogen-bond acceptors (Lipinski definition) is 5. The van der Waals surface area contributed by atoms with E-state index in [1.54, 1.807) is 13.3 Å². The number of nitrogens with zero attached hydrogens (tertiary/aromatic N) is 4. The number of carbonyl (C=O) groups is 1. The Morgan fingerprint density at radius 3 is 2.45 bits per heavy atom. The predicted molar refractivity (Wildman–Crippen MR) is 127 cm³/mol. The van der Waals surface area contributed by atoms with Crippen LogP contribution in [-0.4, -0.2) is 39.4 Å². The summed E-state index contributed by atoms with van der Waals surface area (Å²) in [4.78, 5) is 29.1. The molecular weight excluding hydrogens is 412 g/mol. The lowest BCUT2D eigenvalue weighted by molar-refractivity contribution is -0.131. The van der Waals surface area contributed by atoms with Crippen LogP contribution in [0.15, 0.2) is 79.0 Å². The maximum absolute atomic E-state index is 13.0. The smallest absolute Gasteiger partial charge is 0.228 e. The molecule has 6 heteroatoms. The molecule has 4 aromatic rings. The molecule has 2 aromatic carbocycles. The van der Waals surface area contributed by atoms with E-state index in [9.17, 15) is 4.79 Å². The second-order valence-electron chi connectivity index (χ2n) is 7.98. The van der Waals surface area contributed by atoms with Gasteiger partial charge in [-0.05, 0) is 36.4 Å². The largest absolute Gasteiger partial charge is 0.497 e. The fourth-order valence-corrected chi connectivity index (χ4v) is 4.10. The Hall–Kier alpha value is -4.06. The van der Waals surface area contributed by atoms with Crippen LogP contribution in [0.5, 0.6) is 5.75 Å². The number of methoxy groups -OCH3 is 1. The molecule has 0 atom stereocenters. The zero-order valence-corrected chi connectivity index (χ0v) is 18.4. The van der Waals surface area contributed by atoms with E-state index in [2.05, 4.69) is 4.98 Å². The average Bonchev–Trinajstić information content (AvgIpc) is 2.89. The highest BCUT2D eigenvalue weighted by Crippen LogP contribution is 2.32. The molecule has 2 aromatic heterocycles. The van der Waals surface area contributed by atoms with Gasteiger partial charge in [0, 0.05) is 48.1 Å². The normalized spacial score (nSPS) is 12.8. The third-order valence-corrected chi connectivity index (χ3v) is 5.87. The van der Waals surface area contributed by atoms with Crippen LogP contribution in [0.3, 0.4) is 0 Å². The Kier molecular flexibility index (Phi) is 5.81. The summed E-state index contributed by atoms with van der Waals surface area (Å²) < 4.78 is 5.32. The molecule has 0 radical (unpaired) electrons. The van der Waals surface area contributed by atoms with Gasteiger partial charge in [-0.25, -0.2) is 9.97 Å². The molecule has 0 saturated carbocycles. The second kappa shape index (κ2) is 9.20. The van der Waals surface area contributed by atoms with E-state index >= 15 is 0 Å². The van der Waals surface area contributed by atoms with Crippen molar-refractivity contribution in [2.24, 2.45) is 0 Å². The molecule has 1 aliphatic rings. The average molecular weight is 437 g/mol. The van der Waals surface area contributed by atoms with E-state index < -0.39 is 0 Å². The summed E-state index contributed by atoms with van der Waals surface area (Å²) in [5.41, 5.74) is 5.59. The Morgan fingerprint density at radius 1 is 0.939 bits per heavy atom. The summed E-state index contributed by atoms with van der Waals surface area (Å²) in [6.07, 6.45) is 2.70. The first-order chi connectivity index (χ1) is 16.2. The molecule has 0 N–H and O–H groups in total. The third-order valence-electron chi connectivity index (χ3n) is 5.87. The van der Waals surface area contributed by atoms with Crippen LogP contribution < -0.4 is 4.74 Å². The van der Waals surface area contributed by atoms with Gasteiger partial charge in [-0.2, -0.15) is 0 Å². The fourth-order valence-electron chi connectivity index (χ4n) is 4.10. The zero-order chi connectivity index (χ0) is 22.6. The number of hydrogen-bond donors (Lipinski definition) is 0. The molecule has 0 saturated heterocycles.